The third-order valence-corrected chi connectivity index (χ3v) is 6.56. The maximum atomic E-state index is 13.5. The number of hydrogen-bond donors (Lipinski definition) is 2. The summed E-state index contributed by atoms with van der Waals surface area (Å²) < 4.78 is 61.3. The van der Waals surface area contributed by atoms with Crippen LogP contribution in [0.5, 0.6) is 0 Å². The average Bonchev–Trinajstić information content (AvgIpc) is 3.38. The maximum absolute atomic E-state index is 13.5. The Morgan fingerprint density at radius 1 is 1.05 bits per heavy atom. The Morgan fingerprint density at radius 2 is 1.74 bits per heavy atom. The number of carbonyl (C=O) groups is 1. The Balaban J connectivity index is 1.47. The van der Waals surface area contributed by atoms with E-state index < -0.39 is 42.0 Å². The van der Waals surface area contributed by atoms with Gasteiger partial charge in [-0.15, -0.1) is 0 Å². The van der Waals surface area contributed by atoms with Crippen molar-refractivity contribution in [3.8, 4) is 22.4 Å². The molecule has 0 spiro atoms. The number of nitrogens with zero attached hydrogens (tertiary/aromatic N) is 6. The number of hydrogen-bond acceptors (Lipinski definition) is 8. The van der Waals surface area contributed by atoms with Gasteiger partial charge in [-0.25, -0.2) is 32.2 Å². The average molecular weight is 597 g/mol. The van der Waals surface area contributed by atoms with Crippen molar-refractivity contribution in [1.29, 1.82) is 0 Å². The van der Waals surface area contributed by atoms with E-state index in [2.05, 4.69) is 25.5 Å². The number of amides is 1. The van der Waals surface area contributed by atoms with Crippen LogP contribution in [0.3, 0.4) is 0 Å². The summed E-state index contributed by atoms with van der Waals surface area (Å²) in [7, 11) is 1.49. The predicted octanol–water partition coefficient (Wildman–Crippen LogP) is 4.11. The molecule has 0 fully saturated rings. The van der Waals surface area contributed by atoms with Gasteiger partial charge in [-0.1, -0.05) is 24.3 Å². The second-order valence-corrected chi connectivity index (χ2v) is 9.32. The first-order valence-electron chi connectivity index (χ1n) is 12.8. The normalized spacial score (nSPS) is 12.1. The van der Waals surface area contributed by atoms with E-state index in [0.717, 1.165) is 11.0 Å². The van der Waals surface area contributed by atoms with Crippen LogP contribution in [-0.4, -0.2) is 62.3 Å². The standard InChI is InChI=1S/C28H24F4N8O3/c1-43-11-10-39-13-19(15-2-6-17(30)7-3-15)24(41)23(37-39)28(42)36-18-8-4-16(5-9-18)22-21-26(33)34-14-35-27(21)40(38-22)20(12-29)25(31)32/h2-9,13-14,20,25H,10-12H2,1H3,(H,36,42)(H2,33,34,35). The summed E-state index contributed by atoms with van der Waals surface area (Å²) in [5.41, 5.74) is 6.22. The van der Waals surface area contributed by atoms with Gasteiger partial charge in [-0.2, -0.15) is 10.2 Å². The lowest BCUT2D eigenvalue weighted by molar-refractivity contribution is 0.0644. The Kier molecular flexibility index (Phi) is 8.43. The van der Waals surface area contributed by atoms with Gasteiger partial charge >= 0.3 is 0 Å². The summed E-state index contributed by atoms with van der Waals surface area (Å²) in [5.74, 6) is -1.32. The SMILES string of the molecule is COCCn1cc(-c2ccc(F)cc2)c(=O)c(C(=O)Nc2ccc(-c3nn(C(CF)C(F)F)c4ncnc(N)c34)cc2)n1. The number of alkyl halides is 3. The fraction of sp³-hybridized carbons (Fsp3) is 0.214. The van der Waals surface area contributed by atoms with Crippen molar-refractivity contribution in [3.63, 3.8) is 0 Å². The first-order valence-corrected chi connectivity index (χ1v) is 12.8. The third kappa shape index (κ3) is 5.92. The fourth-order valence-corrected chi connectivity index (χ4v) is 4.39. The Bertz CT molecular complexity index is 1830. The van der Waals surface area contributed by atoms with Crippen LogP contribution in [0.15, 0.2) is 65.8 Å². The summed E-state index contributed by atoms with van der Waals surface area (Å²) in [4.78, 5) is 34.4. The minimum Gasteiger partial charge on any atom is -0.383 e. The summed E-state index contributed by atoms with van der Waals surface area (Å²) >= 11 is 0. The van der Waals surface area contributed by atoms with E-state index >= 15 is 0 Å². The molecule has 0 radical (unpaired) electrons. The minimum atomic E-state index is -3.05. The highest BCUT2D eigenvalue weighted by Gasteiger charge is 2.28. The van der Waals surface area contributed by atoms with E-state index in [9.17, 15) is 27.2 Å². The lowest BCUT2D eigenvalue weighted by Gasteiger charge is -2.13. The van der Waals surface area contributed by atoms with Gasteiger partial charge in [0.05, 0.1) is 18.5 Å². The number of nitrogens with two attached hydrogens (primary N) is 1. The number of methoxy groups -OCH3 is 1. The zero-order chi connectivity index (χ0) is 30.7. The molecule has 0 aliphatic carbocycles. The van der Waals surface area contributed by atoms with Crippen LogP contribution >= 0.6 is 0 Å². The van der Waals surface area contributed by atoms with Crippen LogP contribution in [0.25, 0.3) is 33.4 Å². The number of aromatic nitrogens is 6. The molecule has 3 N–H and O–H groups in total. The quantitative estimate of drug-likeness (QED) is 0.229. The number of anilines is 2. The molecule has 0 aliphatic heterocycles. The molecule has 1 amide bonds. The van der Waals surface area contributed by atoms with E-state index in [1.54, 1.807) is 0 Å². The van der Waals surface area contributed by atoms with Gasteiger partial charge in [0, 0.05) is 30.1 Å². The topological polar surface area (TPSA) is 143 Å². The zero-order valence-electron chi connectivity index (χ0n) is 22.5. The van der Waals surface area contributed by atoms with Gasteiger partial charge in [0.2, 0.25) is 5.43 Å². The van der Waals surface area contributed by atoms with Crippen molar-refractivity contribution in [3.05, 3.63) is 82.8 Å². The van der Waals surface area contributed by atoms with Crippen molar-refractivity contribution >= 4 is 28.4 Å². The lowest BCUT2D eigenvalue weighted by atomic mass is 10.1. The third-order valence-electron chi connectivity index (χ3n) is 6.56. The van der Waals surface area contributed by atoms with Crippen molar-refractivity contribution in [1.82, 2.24) is 29.5 Å². The van der Waals surface area contributed by atoms with Gasteiger partial charge in [-0.3, -0.25) is 14.3 Å². The molecule has 0 saturated heterocycles. The number of nitrogens with one attached hydrogen (secondary N) is 1. The van der Waals surface area contributed by atoms with Crippen molar-refractivity contribution < 1.29 is 27.1 Å². The Labute approximate surface area is 240 Å². The summed E-state index contributed by atoms with van der Waals surface area (Å²) in [6.07, 6.45) is -0.522. The number of halogens is 4. The molecular weight excluding hydrogens is 572 g/mol. The van der Waals surface area contributed by atoms with Crippen LogP contribution in [0, 0.1) is 5.82 Å². The summed E-state index contributed by atoms with van der Waals surface area (Å²) in [6, 6.07) is 9.41. The number of ether oxygens (including phenoxy) is 1. The van der Waals surface area contributed by atoms with E-state index in [1.165, 1.54) is 66.5 Å². The molecule has 5 aromatic rings. The van der Waals surface area contributed by atoms with Crippen molar-refractivity contribution in [2.45, 2.75) is 19.0 Å². The van der Waals surface area contributed by atoms with E-state index in [0.29, 0.717) is 11.1 Å². The minimum absolute atomic E-state index is 0.0348. The molecular formula is C28H24F4N8O3. The van der Waals surface area contributed by atoms with Gasteiger partial charge in [0.25, 0.3) is 12.3 Å². The second kappa shape index (κ2) is 12.4. The molecule has 2 aromatic carbocycles. The molecule has 3 aromatic heterocycles. The Hall–Kier alpha value is -5.18. The van der Waals surface area contributed by atoms with Crippen LogP contribution in [0.2, 0.25) is 0 Å². The molecule has 1 unspecified atom stereocenters. The smallest absolute Gasteiger partial charge is 0.280 e. The zero-order valence-corrected chi connectivity index (χ0v) is 22.5. The van der Waals surface area contributed by atoms with E-state index in [-0.39, 0.29) is 46.9 Å². The van der Waals surface area contributed by atoms with Gasteiger partial charge < -0.3 is 15.8 Å². The molecule has 0 saturated carbocycles. The van der Waals surface area contributed by atoms with Gasteiger partial charge in [0.15, 0.2) is 11.3 Å². The molecule has 15 heteroatoms. The summed E-state index contributed by atoms with van der Waals surface area (Å²) in [5, 5.41) is 11.1. The van der Waals surface area contributed by atoms with Crippen LogP contribution in [0.1, 0.15) is 16.5 Å². The number of fused-ring (bicyclic) bond motifs is 1. The van der Waals surface area contributed by atoms with Gasteiger partial charge in [0.1, 0.15) is 36.4 Å². The number of nitrogen functional groups attached to an aromatic ring is 1. The number of rotatable bonds is 10. The second-order valence-electron chi connectivity index (χ2n) is 9.32. The molecule has 43 heavy (non-hydrogen) atoms. The monoisotopic (exact) mass is 596 g/mol. The number of carbonyl (C=O) groups excluding carboxylic acids is 1. The predicted molar refractivity (Wildman–Crippen MR) is 150 cm³/mol. The molecule has 0 aliphatic rings. The van der Waals surface area contributed by atoms with Crippen molar-refractivity contribution in [2.75, 3.05) is 31.4 Å². The Morgan fingerprint density at radius 3 is 2.40 bits per heavy atom. The summed E-state index contributed by atoms with van der Waals surface area (Å²) in [6.45, 7) is -0.890. The van der Waals surface area contributed by atoms with E-state index in [4.69, 9.17) is 10.5 Å². The molecule has 1 atom stereocenters. The molecule has 3 heterocycles. The van der Waals surface area contributed by atoms with E-state index in [1.807, 2.05) is 0 Å². The van der Waals surface area contributed by atoms with Gasteiger partial charge in [-0.05, 0) is 29.8 Å². The van der Waals surface area contributed by atoms with Crippen LogP contribution in [-0.2, 0) is 11.3 Å². The van der Waals surface area contributed by atoms with Crippen LogP contribution in [0.4, 0.5) is 29.1 Å². The first kappa shape index (κ1) is 29.3. The highest BCUT2D eigenvalue weighted by Crippen LogP contribution is 2.33. The highest BCUT2D eigenvalue weighted by atomic mass is 19.3. The number of benzene rings is 2. The highest BCUT2D eigenvalue weighted by molar-refractivity contribution is 6.03. The lowest BCUT2D eigenvalue weighted by Crippen LogP contribution is -2.28. The molecule has 11 nitrogen and oxygen atoms in total. The fourth-order valence-electron chi connectivity index (χ4n) is 4.39. The largest absolute Gasteiger partial charge is 0.383 e. The molecule has 0 bridgehead atoms. The molecule has 5 rings (SSSR count). The molecule has 222 valence electrons. The van der Waals surface area contributed by atoms with Crippen molar-refractivity contribution in [2.24, 2.45) is 0 Å². The maximum Gasteiger partial charge on any atom is 0.280 e. The van der Waals surface area contributed by atoms with Crippen LogP contribution < -0.4 is 16.5 Å². The first-order chi connectivity index (χ1) is 20.7.